The van der Waals surface area contributed by atoms with Crippen LogP contribution in [0.3, 0.4) is 0 Å². The van der Waals surface area contributed by atoms with Crippen LogP contribution in [0.25, 0.3) is 0 Å². The van der Waals surface area contributed by atoms with Crippen molar-refractivity contribution in [3.63, 3.8) is 0 Å². The van der Waals surface area contributed by atoms with Crippen molar-refractivity contribution in [2.24, 2.45) is 0 Å². The smallest absolute Gasteiger partial charge is 0.119 e. The van der Waals surface area contributed by atoms with Gasteiger partial charge in [-0.05, 0) is 18.6 Å². The molecule has 2 N–H and O–H groups in total. The van der Waals surface area contributed by atoms with Crippen LogP contribution in [-0.2, 0) is 0 Å². The predicted octanol–water partition coefficient (Wildman–Crippen LogP) is 4.57. The quantitative estimate of drug-likeness (QED) is 0.556. The molecule has 1 aromatic rings. The highest BCUT2D eigenvalue weighted by Gasteiger charge is 1.93. The van der Waals surface area contributed by atoms with E-state index in [2.05, 4.69) is 6.92 Å². The zero-order chi connectivity index (χ0) is 16.3. The fraction of sp³-hybridized carbons (Fsp3) is 0.684. The lowest BCUT2D eigenvalue weighted by Crippen LogP contribution is -1.96. The van der Waals surface area contributed by atoms with Crippen LogP contribution in [-0.4, -0.2) is 30.0 Å². The van der Waals surface area contributed by atoms with Crippen molar-refractivity contribution in [3.05, 3.63) is 30.3 Å². The van der Waals surface area contributed by atoms with Crippen molar-refractivity contribution in [3.8, 4) is 5.75 Å². The van der Waals surface area contributed by atoms with Crippen molar-refractivity contribution in [2.45, 2.75) is 64.7 Å². The maximum Gasteiger partial charge on any atom is 0.119 e. The molecule has 0 unspecified atom stereocenters. The predicted molar refractivity (Wildman–Crippen MR) is 93.3 cm³/mol. The topological polar surface area (TPSA) is 49.7 Å². The van der Waals surface area contributed by atoms with E-state index in [4.69, 9.17) is 14.9 Å². The van der Waals surface area contributed by atoms with Gasteiger partial charge in [0.15, 0.2) is 0 Å². The molecule has 1 rings (SSSR count). The van der Waals surface area contributed by atoms with E-state index < -0.39 is 0 Å². The number of rotatable bonds is 12. The van der Waals surface area contributed by atoms with Crippen LogP contribution in [0.4, 0.5) is 0 Å². The summed E-state index contributed by atoms with van der Waals surface area (Å²) in [5.74, 6) is 0.997. The van der Waals surface area contributed by atoms with Gasteiger partial charge in [0.1, 0.15) is 5.75 Å². The second kappa shape index (κ2) is 18.0. The molecule has 0 atom stereocenters. The minimum atomic E-state index is -0.125. The van der Waals surface area contributed by atoms with Crippen LogP contribution in [0, 0.1) is 0 Å². The Balaban J connectivity index is 0.000000980. The minimum Gasteiger partial charge on any atom is -0.494 e. The summed E-state index contributed by atoms with van der Waals surface area (Å²) < 4.78 is 5.67. The zero-order valence-electron chi connectivity index (χ0n) is 14.2. The number of hydrogen-bond donors (Lipinski definition) is 2. The largest absolute Gasteiger partial charge is 0.494 e. The Hall–Kier alpha value is -1.06. The molecule has 3 heteroatoms. The molecule has 0 bridgehead atoms. The van der Waals surface area contributed by atoms with Gasteiger partial charge in [0, 0.05) is 0 Å². The molecular formula is C19H34O3. The molecule has 0 aromatic heterocycles. The van der Waals surface area contributed by atoms with Crippen LogP contribution in [0.5, 0.6) is 5.75 Å². The van der Waals surface area contributed by atoms with Gasteiger partial charge in [0.2, 0.25) is 0 Å². The first-order valence-corrected chi connectivity index (χ1v) is 8.74. The van der Waals surface area contributed by atoms with Crippen LogP contribution in [0.15, 0.2) is 30.3 Å². The van der Waals surface area contributed by atoms with Crippen molar-refractivity contribution >= 4 is 0 Å². The van der Waals surface area contributed by atoms with Crippen molar-refractivity contribution < 1.29 is 14.9 Å². The lowest BCUT2D eigenvalue weighted by Gasteiger charge is -2.05. The standard InChI is InChI=1S/C17H28O.C2H6O2/c1-2-3-4-5-6-7-8-9-13-16-18-17-14-11-10-12-15-17;3-1-2-4/h10-12,14-15H,2-9,13,16H2,1H3;3-4H,1-2H2. The van der Waals surface area contributed by atoms with Gasteiger partial charge in [-0.25, -0.2) is 0 Å². The Kier molecular flexibility index (Phi) is 17.1. The van der Waals surface area contributed by atoms with E-state index in [1.165, 1.54) is 57.8 Å². The van der Waals surface area contributed by atoms with Gasteiger partial charge in [0.25, 0.3) is 0 Å². The number of aliphatic hydroxyl groups excluding tert-OH is 2. The second-order valence-corrected chi connectivity index (χ2v) is 5.44. The van der Waals surface area contributed by atoms with Crippen molar-refractivity contribution in [1.29, 1.82) is 0 Å². The maximum absolute atomic E-state index is 7.62. The molecule has 0 saturated heterocycles. The fourth-order valence-corrected chi connectivity index (χ4v) is 2.12. The number of hydrogen-bond acceptors (Lipinski definition) is 3. The Labute approximate surface area is 136 Å². The highest BCUT2D eigenvalue weighted by Crippen LogP contribution is 2.11. The normalized spacial score (nSPS) is 9.95. The van der Waals surface area contributed by atoms with Gasteiger partial charge >= 0.3 is 0 Å². The number of para-hydroxylation sites is 1. The lowest BCUT2D eigenvalue weighted by molar-refractivity contribution is 0.186. The molecule has 0 amide bonds. The molecule has 0 aliphatic heterocycles. The summed E-state index contributed by atoms with van der Waals surface area (Å²) in [6, 6.07) is 10.1. The van der Waals surface area contributed by atoms with Gasteiger partial charge in [-0.3, -0.25) is 0 Å². The van der Waals surface area contributed by atoms with Crippen molar-refractivity contribution in [2.75, 3.05) is 19.8 Å². The third-order valence-electron chi connectivity index (χ3n) is 3.36. The van der Waals surface area contributed by atoms with Crippen LogP contribution < -0.4 is 4.74 Å². The summed E-state index contributed by atoms with van der Waals surface area (Å²) in [6.45, 7) is 2.88. The summed E-state index contributed by atoms with van der Waals surface area (Å²) in [6.07, 6.45) is 12.3. The number of unbranched alkanes of at least 4 members (excludes halogenated alkanes) is 8. The van der Waals surface area contributed by atoms with Crippen molar-refractivity contribution in [1.82, 2.24) is 0 Å². The van der Waals surface area contributed by atoms with Gasteiger partial charge in [0.05, 0.1) is 19.8 Å². The molecule has 1 aromatic carbocycles. The molecule has 0 aliphatic carbocycles. The summed E-state index contributed by atoms with van der Waals surface area (Å²) in [4.78, 5) is 0. The molecule has 0 aliphatic rings. The molecule has 3 nitrogen and oxygen atoms in total. The first-order chi connectivity index (χ1) is 10.8. The SMILES string of the molecule is CCCCCCCCCCCOc1ccccc1.OCCO. The van der Waals surface area contributed by atoms with Gasteiger partial charge in [-0.15, -0.1) is 0 Å². The third-order valence-corrected chi connectivity index (χ3v) is 3.36. The Morgan fingerprint density at radius 2 is 1.23 bits per heavy atom. The summed E-state index contributed by atoms with van der Waals surface area (Å²) >= 11 is 0. The first-order valence-electron chi connectivity index (χ1n) is 8.74. The fourth-order valence-electron chi connectivity index (χ4n) is 2.12. The summed E-state index contributed by atoms with van der Waals surface area (Å²) in [5.41, 5.74) is 0. The number of ether oxygens (including phenoxy) is 1. The molecule has 128 valence electrons. The van der Waals surface area contributed by atoms with Gasteiger partial charge in [-0.2, -0.15) is 0 Å². The third kappa shape index (κ3) is 15.3. The first kappa shape index (κ1) is 20.9. The summed E-state index contributed by atoms with van der Waals surface area (Å²) in [5, 5.41) is 15.2. The second-order valence-electron chi connectivity index (χ2n) is 5.44. The summed E-state index contributed by atoms with van der Waals surface area (Å²) in [7, 11) is 0. The molecule has 0 heterocycles. The monoisotopic (exact) mass is 310 g/mol. The van der Waals surface area contributed by atoms with E-state index in [-0.39, 0.29) is 13.2 Å². The van der Waals surface area contributed by atoms with E-state index in [0.717, 1.165) is 12.4 Å². The lowest BCUT2D eigenvalue weighted by atomic mass is 10.1. The minimum absolute atomic E-state index is 0.125. The van der Waals surface area contributed by atoms with Crippen LogP contribution in [0.1, 0.15) is 64.7 Å². The average molecular weight is 310 g/mol. The van der Waals surface area contributed by atoms with Crippen LogP contribution in [0.2, 0.25) is 0 Å². The van der Waals surface area contributed by atoms with E-state index in [9.17, 15) is 0 Å². The Morgan fingerprint density at radius 3 is 1.73 bits per heavy atom. The van der Waals surface area contributed by atoms with Gasteiger partial charge in [-0.1, -0.05) is 76.5 Å². The molecular weight excluding hydrogens is 276 g/mol. The van der Waals surface area contributed by atoms with Crippen LogP contribution >= 0.6 is 0 Å². The Bertz CT molecular complexity index is 299. The molecule has 0 radical (unpaired) electrons. The van der Waals surface area contributed by atoms with E-state index in [1.54, 1.807) is 0 Å². The van der Waals surface area contributed by atoms with E-state index in [0.29, 0.717) is 0 Å². The number of benzene rings is 1. The van der Waals surface area contributed by atoms with E-state index in [1.807, 2.05) is 30.3 Å². The average Bonchev–Trinajstić information content (AvgIpc) is 2.58. The van der Waals surface area contributed by atoms with E-state index >= 15 is 0 Å². The van der Waals surface area contributed by atoms with Gasteiger partial charge < -0.3 is 14.9 Å². The number of aliphatic hydroxyl groups is 2. The maximum atomic E-state index is 7.62. The molecule has 0 saturated carbocycles. The molecule has 22 heavy (non-hydrogen) atoms. The highest BCUT2D eigenvalue weighted by atomic mass is 16.5. The molecule has 0 fully saturated rings. The molecule has 0 spiro atoms. The Morgan fingerprint density at radius 1 is 0.727 bits per heavy atom. The zero-order valence-corrected chi connectivity index (χ0v) is 14.2. The highest BCUT2D eigenvalue weighted by molar-refractivity contribution is 5.20.